The monoisotopic (exact) mass is 223 g/mol. The molecular formula is C11H17N3O2. The van der Waals surface area contributed by atoms with Gasteiger partial charge >= 0.3 is 5.97 Å². The summed E-state index contributed by atoms with van der Waals surface area (Å²) in [5.74, 6) is -0.356. The van der Waals surface area contributed by atoms with Gasteiger partial charge in [0, 0.05) is 25.5 Å². The molecule has 0 saturated heterocycles. The smallest absolute Gasteiger partial charge is 0.309 e. The fourth-order valence-electron chi connectivity index (χ4n) is 1.21. The van der Waals surface area contributed by atoms with Crippen molar-refractivity contribution in [3.05, 3.63) is 23.8 Å². The first-order chi connectivity index (χ1) is 7.63. The highest BCUT2D eigenvalue weighted by atomic mass is 16.5. The average molecular weight is 223 g/mol. The van der Waals surface area contributed by atoms with Crippen LogP contribution in [0, 0.1) is 12.8 Å². The molecule has 0 aliphatic carbocycles. The van der Waals surface area contributed by atoms with Gasteiger partial charge in [-0.3, -0.25) is 14.8 Å². The van der Waals surface area contributed by atoms with Crippen LogP contribution in [0.3, 0.4) is 0 Å². The Morgan fingerprint density at radius 1 is 1.50 bits per heavy atom. The molecule has 0 aliphatic rings. The first-order valence-corrected chi connectivity index (χ1v) is 5.19. The number of rotatable bonds is 5. The molecule has 0 aromatic carbocycles. The van der Waals surface area contributed by atoms with Gasteiger partial charge < -0.3 is 10.1 Å². The van der Waals surface area contributed by atoms with E-state index in [1.165, 1.54) is 7.11 Å². The molecule has 16 heavy (non-hydrogen) atoms. The van der Waals surface area contributed by atoms with Crippen LogP contribution in [0.1, 0.15) is 18.3 Å². The first-order valence-electron chi connectivity index (χ1n) is 5.19. The normalized spacial score (nSPS) is 12.2. The third kappa shape index (κ3) is 3.94. The number of aryl methyl sites for hydroxylation is 1. The van der Waals surface area contributed by atoms with Crippen molar-refractivity contribution in [1.82, 2.24) is 15.3 Å². The summed E-state index contributed by atoms with van der Waals surface area (Å²) in [6.07, 6.45) is 3.45. The molecule has 1 atom stereocenters. The number of ether oxygens (including phenoxy) is 1. The van der Waals surface area contributed by atoms with Crippen molar-refractivity contribution in [3.63, 3.8) is 0 Å². The van der Waals surface area contributed by atoms with Gasteiger partial charge in [0.15, 0.2) is 0 Å². The molecule has 1 aromatic rings. The zero-order valence-electron chi connectivity index (χ0n) is 9.86. The molecule has 5 heteroatoms. The average Bonchev–Trinajstić information content (AvgIpc) is 2.30. The maximum absolute atomic E-state index is 11.1. The Kier molecular flexibility index (Phi) is 4.85. The summed E-state index contributed by atoms with van der Waals surface area (Å²) in [6, 6.07) is 0. The maximum Gasteiger partial charge on any atom is 0.309 e. The number of hydrogen-bond acceptors (Lipinski definition) is 5. The van der Waals surface area contributed by atoms with Crippen molar-refractivity contribution in [2.24, 2.45) is 5.92 Å². The lowest BCUT2D eigenvalue weighted by atomic mass is 10.2. The van der Waals surface area contributed by atoms with E-state index in [2.05, 4.69) is 20.0 Å². The van der Waals surface area contributed by atoms with E-state index < -0.39 is 0 Å². The maximum atomic E-state index is 11.1. The van der Waals surface area contributed by atoms with Gasteiger partial charge in [0.25, 0.3) is 0 Å². The molecule has 0 fully saturated rings. The highest BCUT2D eigenvalue weighted by molar-refractivity contribution is 5.71. The molecule has 0 spiro atoms. The molecule has 1 rings (SSSR count). The SMILES string of the molecule is COC(=O)C(C)CNCc1cnc(C)cn1. The van der Waals surface area contributed by atoms with Gasteiger partial charge in [0.05, 0.1) is 24.4 Å². The molecule has 1 unspecified atom stereocenters. The summed E-state index contributed by atoms with van der Waals surface area (Å²) in [6.45, 7) is 4.89. The number of carbonyl (C=O) groups excluding carboxylic acids is 1. The Hall–Kier alpha value is -1.49. The lowest BCUT2D eigenvalue weighted by molar-refractivity contribution is -0.144. The molecule has 1 aromatic heterocycles. The van der Waals surface area contributed by atoms with Gasteiger partial charge in [-0.05, 0) is 6.92 Å². The predicted molar refractivity (Wildman–Crippen MR) is 59.7 cm³/mol. The van der Waals surface area contributed by atoms with Gasteiger partial charge in [-0.2, -0.15) is 0 Å². The van der Waals surface area contributed by atoms with E-state index in [0.29, 0.717) is 13.1 Å². The topological polar surface area (TPSA) is 64.1 Å². The number of esters is 1. The second-order valence-electron chi connectivity index (χ2n) is 3.70. The number of hydrogen-bond donors (Lipinski definition) is 1. The van der Waals surface area contributed by atoms with Gasteiger partial charge in [0.2, 0.25) is 0 Å². The van der Waals surface area contributed by atoms with E-state index in [-0.39, 0.29) is 11.9 Å². The third-order valence-electron chi connectivity index (χ3n) is 2.19. The second kappa shape index (κ2) is 6.17. The minimum atomic E-state index is -0.206. The van der Waals surface area contributed by atoms with Crippen LogP contribution < -0.4 is 5.32 Å². The standard InChI is InChI=1S/C11H17N3O2/c1-8(11(15)16-3)4-12-6-10-7-13-9(2)5-14-10/h5,7-8,12H,4,6H2,1-3H3. The summed E-state index contributed by atoms with van der Waals surface area (Å²) in [5.41, 5.74) is 1.76. The van der Waals surface area contributed by atoms with Crippen LogP contribution >= 0.6 is 0 Å². The lowest BCUT2D eigenvalue weighted by Crippen LogP contribution is -2.27. The first kappa shape index (κ1) is 12.6. The molecule has 0 radical (unpaired) electrons. The zero-order valence-corrected chi connectivity index (χ0v) is 9.86. The van der Waals surface area contributed by atoms with Crippen LogP contribution in [-0.2, 0) is 16.1 Å². The molecule has 88 valence electrons. The third-order valence-corrected chi connectivity index (χ3v) is 2.19. The Morgan fingerprint density at radius 3 is 2.81 bits per heavy atom. The number of carbonyl (C=O) groups is 1. The van der Waals surface area contributed by atoms with Crippen LogP contribution in [0.15, 0.2) is 12.4 Å². The highest BCUT2D eigenvalue weighted by Crippen LogP contribution is 1.97. The van der Waals surface area contributed by atoms with Crippen molar-refractivity contribution in [2.75, 3.05) is 13.7 Å². The highest BCUT2D eigenvalue weighted by Gasteiger charge is 2.11. The van der Waals surface area contributed by atoms with Crippen molar-refractivity contribution in [2.45, 2.75) is 20.4 Å². The summed E-state index contributed by atoms with van der Waals surface area (Å²) < 4.78 is 4.62. The van der Waals surface area contributed by atoms with Crippen molar-refractivity contribution in [3.8, 4) is 0 Å². The van der Waals surface area contributed by atoms with Gasteiger partial charge in [-0.1, -0.05) is 6.92 Å². The van der Waals surface area contributed by atoms with Crippen LogP contribution in [0.2, 0.25) is 0 Å². The van der Waals surface area contributed by atoms with Gasteiger partial charge in [0.1, 0.15) is 0 Å². The quantitative estimate of drug-likeness (QED) is 0.744. The minimum absolute atomic E-state index is 0.150. The van der Waals surface area contributed by atoms with E-state index in [0.717, 1.165) is 11.4 Å². The minimum Gasteiger partial charge on any atom is -0.469 e. The molecule has 5 nitrogen and oxygen atoms in total. The van der Waals surface area contributed by atoms with Crippen LogP contribution in [0.25, 0.3) is 0 Å². The van der Waals surface area contributed by atoms with Gasteiger partial charge in [-0.25, -0.2) is 0 Å². The van der Waals surface area contributed by atoms with Crippen molar-refractivity contribution < 1.29 is 9.53 Å². The Bertz CT molecular complexity index is 338. The van der Waals surface area contributed by atoms with Crippen molar-refractivity contribution >= 4 is 5.97 Å². The van der Waals surface area contributed by atoms with Crippen molar-refractivity contribution in [1.29, 1.82) is 0 Å². The fourth-order valence-corrected chi connectivity index (χ4v) is 1.21. The summed E-state index contributed by atoms with van der Waals surface area (Å²) in [4.78, 5) is 19.4. The van der Waals surface area contributed by atoms with E-state index >= 15 is 0 Å². The molecule has 1 heterocycles. The number of methoxy groups -OCH3 is 1. The van der Waals surface area contributed by atoms with Crippen LogP contribution in [0.5, 0.6) is 0 Å². The Balaban J connectivity index is 2.30. The summed E-state index contributed by atoms with van der Waals surface area (Å²) in [5, 5.41) is 3.13. The number of aromatic nitrogens is 2. The predicted octanol–water partition coefficient (Wildman–Crippen LogP) is 0.684. The Morgan fingerprint density at radius 2 is 2.25 bits per heavy atom. The second-order valence-corrected chi connectivity index (χ2v) is 3.70. The van der Waals surface area contributed by atoms with Crippen LogP contribution in [0.4, 0.5) is 0 Å². The molecule has 0 bridgehead atoms. The summed E-state index contributed by atoms with van der Waals surface area (Å²) in [7, 11) is 1.39. The van der Waals surface area contributed by atoms with E-state index in [1.807, 2.05) is 13.8 Å². The zero-order chi connectivity index (χ0) is 12.0. The largest absolute Gasteiger partial charge is 0.469 e. The summed E-state index contributed by atoms with van der Waals surface area (Å²) >= 11 is 0. The molecule has 0 saturated carbocycles. The van der Waals surface area contributed by atoms with E-state index in [1.54, 1.807) is 12.4 Å². The lowest BCUT2D eigenvalue weighted by Gasteiger charge is -2.09. The van der Waals surface area contributed by atoms with Crippen LogP contribution in [-0.4, -0.2) is 29.6 Å². The molecule has 0 amide bonds. The number of nitrogens with one attached hydrogen (secondary N) is 1. The number of nitrogens with zero attached hydrogens (tertiary/aromatic N) is 2. The van der Waals surface area contributed by atoms with E-state index in [4.69, 9.17) is 0 Å². The fraction of sp³-hybridized carbons (Fsp3) is 0.545. The van der Waals surface area contributed by atoms with E-state index in [9.17, 15) is 4.79 Å². The molecular weight excluding hydrogens is 206 g/mol. The van der Waals surface area contributed by atoms with Gasteiger partial charge in [-0.15, -0.1) is 0 Å². The molecule has 1 N–H and O–H groups in total. The molecule has 0 aliphatic heterocycles. The Labute approximate surface area is 95.3 Å².